The van der Waals surface area contributed by atoms with Crippen molar-refractivity contribution in [3.63, 3.8) is 0 Å². The van der Waals surface area contributed by atoms with Gasteiger partial charge in [0.05, 0.1) is 15.9 Å². The van der Waals surface area contributed by atoms with Crippen molar-refractivity contribution < 1.29 is 0 Å². The highest BCUT2D eigenvalue weighted by Gasteiger charge is 2.27. The Bertz CT molecular complexity index is 1440. The van der Waals surface area contributed by atoms with Gasteiger partial charge in [-0.25, -0.2) is 15.0 Å². The van der Waals surface area contributed by atoms with Crippen molar-refractivity contribution in [2.45, 2.75) is 12.8 Å². The lowest BCUT2D eigenvalue weighted by Gasteiger charge is -2.11. The molecule has 3 heterocycles. The largest absolute Gasteiger partial charge is 0.382 e. The number of rotatable bonds is 2. The zero-order chi connectivity index (χ0) is 20.1. The standard InChI is InChI=1S/C25H18N4S/c26-24-23-22(27-14-28-24)20-19(16-9-5-2-6-10-16)18-12-11-17(21(18)29-25(20)30-23)13-15-7-3-1-4-8-15/h1-10,13-14H,11-12H2,(H2,26,27,28). The van der Waals surface area contributed by atoms with Crippen molar-refractivity contribution in [3.05, 3.63) is 83.8 Å². The van der Waals surface area contributed by atoms with Crippen molar-refractivity contribution in [2.24, 2.45) is 0 Å². The van der Waals surface area contributed by atoms with Gasteiger partial charge in [-0.2, -0.15) is 0 Å². The molecule has 144 valence electrons. The molecule has 0 spiro atoms. The molecule has 0 saturated heterocycles. The quantitative estimate of drug-likeness (QED) is 0.392. The molecule has 2 N–H and O–H groups in total. The van der Waals surface area contributed by atoms with Gasteiger partial charge < -0.3 is 5.73 Å². The smallest absolute Gasteiger partial charge is 0.144 e. The van der Waals surface area contributed by atoms with Crippen LogP contribution in [0.5, 0.6) is 0 Å². The molecule has 0 fully saturated rings. The molecule has 1 aliphatic carbocycles. The van der Waals surface area contributed by atoms with Crippen LogP contribution in [0.15, 0.2) is 67.0 Å². The van der Waals surface area contributed by atoms with Gasteiger partial charge in [0.1, 0.15) is 17.0 Å². The lowest BCUT2D eigenvalue weighted by Crippen LogP contribution is -1.94. The molecule has 6 rings (SSSR count). The highest BCUT2D eigenvalue weighted by molar-refractivity contribution is 7.26. The second kappa shape index (κ2) is 6.75. The first-order valence-electron chi connectivity index (χ1n) is 9.96. The van der Waals surface area contributed by atoms with E-state index in [1.807, 2.05) is 6.07 Å². The first-order valence-corrected chi connectivity index (χ1v) is 10.8. The second-order valence-corrected chi connectivity index (χ2v) is 8.48. The molecule has 2 aromatic carbocycles. The summed E-state index contributed by atoms with van der Waals surface area (Å²) in [4.78, 5) is 14.9. The van der Waals surface area contributed by atoms with E-state index in [9.17, 15) is 0 Å². The van der Waals surface area contributed by atoms with Crippen LogP contribution in [0.2, 0.25) is 0 Å². The lowest BCUT2D eigenvalue weighted by molar-refractivity contribution is 1.09. The number of pyridine rings is 1. The van der Waals surface area contributed by atoms with Crippen LogP contribution in [-0.2, 0) is 6.42 Å². The summed E-state index contributed by atoms with van der Waals surface area (Å²) in [5, 5.41) is 1.09. The summed E-state index contributed by atoms with van der Waals surface area (Å²) in [6.45, 7) is 0. The summed E-state index contributed by atoms with van der Waals surface area (Å²) in [6.07, 6.45) is 5.77. The fourth-order valence-electron chi connectivity index (χ4n) is 4.36. The average molecular weight is 407 g/mol. The number of nitrogens with zero attached hydrogens (tertiary/aromatic N) is 3. The third-order valence-electron chi connectivity index (χ3n) is 5.68. The zero-order valence-corrected chi connectivity index (χ0v) is 17.0. The van der Waals surface area contributed by atoms with Crippen LogP contribution >= 0.6 is 11.3 Å². The number of hydrogen-bond donors (Lipinski definition) is 1. The predicted octanol–water partition coefficient (Wildman–Crippen LogP) is 5.98. The lowest BCUT2D eigenvalue weighted by atomic mass is 9.96. The molecule has 0 amide bonds. The van der Waals surface area contributed by atoms with Crippen molar-refractivity contribution in [1.29, 1.82) is 0 Å². The van der Waals surface area contributed by atoms with Gasteiger partial charge in [0, 0.05) is 5.39 Å². The fraction of sp³-hybridized carbons (Fsp3) is 0.0800. The molecule has 4 nitrogen and oxygen atoms in total. The number of aromatic nitrogens is 3. The molecule has 0 atom stereocenters. The van der Waals surface area contributed by atoms with Crippen molar-refractivity contribution in [2.75, 3.05) is 5.73 Å². The third-order valence-corrected chi connectivity index (χ3v) is 6.78. The van der Waals surface area contributed by atoms with Crippen LogP contribution in [0.25, 0.3) is 43.2 Å². The first-order chi connectivity index (χ1) is 14.8. The Balaban J connectivity index is 1.70. The van der Waals surface area contributed by atoms with Crippen LogP contribution in [0.1, 0.15) is 23.2 Å². The van der Waals surface area contributed by atoms with E-state index in [2.05, 4.69) is 70.6 Å². The van der Waals surface area contributed by atoms with E-state index in [4.69, 9.17) is 10.7 Å². The Kier molecular flexibility index (Phi) is 3.89. The van der Waals surface area contributed by atoms with Crippen LogP contribution in [0, 0.1) is 0 Å². The molecular weight excluding hydrogens is 388 g/mol. The maximum absolute atomic E-state index is 6.18. The van der Waals surface area contributed by atoms with E-state index in [1.165, 1.54) is 27.8 Å². The summed E-state index contributed by atoms with van der Waals surface area (Å²) in [5.74, 6) is 0.516. The van der Waals surface area contributed by atoms with Gasteiger partial charge in [-0.1, -0.05) is 60.7 Å². The van der Waals surface area contributed by atoms with Gasteiger partial charge in [0.25, 0.3) is 0 Å². The molecule has 3 aromatic heterocycles. The average Bonchev–Trinajstić information content (AvgIpc) is 3.36. The third kappa shape index (κ3) is 2.63. The summed E-state index contributed by atoms with van der Waals surface area (Å²) in [5.41, 5.74) is 14.4. The predicted molar refractivity (Wildman–Crippen MR) is 125 cm³/mol. The Labute approximate surface area is 177 Å². The molecular formula is C25H18N4S. The van der Waals surface area contributed by atoms with Gasteiger partial charge in [0.15, 0.2) is 0 Å². The van der Waals surface area contributed by atoms with E-state index >= 15 is 0 Å². The molecule has 5 aromatic rings. The Morgan fingerprint density at radius 3 is 2.47 bits per heavy atom. The molecule has 0 aliphatic heterocycles. The van der Waals surface area contributed by atoms with Crippen molar-refractivity contribution >= 4 is 49.2 Å². The molecule has 5 heteroatoms. The van der Waals surface area contributed by atoms with Crippen LogP contribution < -0.4 is 5.73 Å². The highest BCUT2D eigenvalue weighted by Crippen LogP contribution is 2.46. The number of nitrogens with two attached hydrogens (primary N) is 1. The van der Waals surface area contributed by atoms with Gasteiger partial charge in [0.2, 0.25) is 0 Å². The monoisotopic (exact) mass is 406 g/mol. The SMILES string of the molecule is Nc1ncnc2c1sc1nc3c(c(-c4ccccc4)c12)CCC3=Cc1ccccc1. The molecule has 1 aliphatic rings. The minimum atomic E-state index is 0.516. The normalized spacial score (nSPS) is 14.6. The maximum atomic E-state index is 6.18. The number of hydrogen-bond acceptors (Lipinski definition) is 5. The topological polar surface area (TPSA) is 64.7 Å². The number of nitrogen functional groups attached to an aromatic ring is 1. The minimum Gasteiger partial charge on any atom is -0.382 e. The molecule has 0 saturated carbocycles. The van der Waals surface area contributed by atoms with E-state index in [-0.39, 0.29) is 0 Å². The summed E-state index contributed by atoms with van der Waals surface area (Å²) in [6, 6.07) is 21.0. The summed E-state index contributed by atoms with van der Waals surface area (Å²) in [7, 11) is 0. The number of thiophene rings is 1. The van der Waals surface area contributed by atoms with E-state index in [0.29, 0.717) is 5.82 Å². The number of allylic oxidation sites excluding steroid dienone is 1. The molecule has 0 radical (unpaired) electrons. The van der Waals surface area contributed by atoms with Crippen LogP contribution in [0.3, 0.4) is 0 Å². The second-order valence-electron chi connectivity index (χ2n) is 7.48. The number of fused-ring (bicyclic) bond motifs is 4. The Hall–Kier alpha value is -3.57. The van der Waals surface area contributed by atoms with Crippen molar-refractivity contribution in [1.82, 2.24) is 15.0 Å². The molecule has 0 unspecified atom stereocenters. The number of benzene rings is 2. The van der Waals surface area contributed by atoms with Gasteiger partial charge in [-0.05, 0) is 46.7 Å². The Morgan fingerprint density at radius 2 is 1.67 bits per heavy atom. The van der Waals surface area contributed by atoms with E-state index < -0.39 is 0 Å². The van der Waals surface area contributed by atoms with E-state index in [1.54, 1.807) is 17.7 Å². The number of anilines is 1. The van der Waals surface area contributed by atoms with Gasteiger partial charge >= 0.3 is 0 Å². The highest BCUT2D eigenvalue weighted by atomic mass is 32.1. The fourth-order valence-corrected chi connectivity index (χ4v) is 5.40. The van der Waals surface area contributed by atoms with Crippen molar-refractivity contribution in [3.8, 4) is 11.1 Å². The minimum absolute atomic E-state index is 0.516. The van der Waals surface area contributed by atoms with Crippen LogP contribution in [0.4, 0.5) is 5.82 Å². The van der Waals surface area contributed by atoms with Gasteiger partial charge in [-0.3, -0.25) is 0 Å². The van der Waals surface area contributed by atoms with E-state index in [0.717, 1.165) is 39.0 Å². The zero-order valence-electron chi connectivity index (χ0n) is 16.2. The maximum Gasteiger partial charge on any atom is 0.144 e. The summed E-state index contributed by atoms with van der Waals surface area (Å²) < 4.78 is 0.912. The molecule has 0 bridgehead atoms. The summed E-state index contributed by atoms with van der Waals surface area (Å²) >= 11 is 1.58. The Morgan fingerprint density at radius 1 is 0.900 bits per heavy atom. The molecule has 30 heavy (non-hydrogen) atoms. The van der Waals surface area contributed by atoms with Crippen LogP contribution in [-0.4, -0.2) is 15.0 Å². The first kappa shape index (κ1) is 17.3. The van der Waals surface area contributed by atoms with Gasteiger partial charge in [-0.15, -0.1) is 11.3 Å².